The predicted octanol–water partition coefficient (Wildman–Crippen LogP) is 15.0. The summed E-state index contributed by atoms with van der Waals surface area (Å²) in [6.07, 6.45) is 2.36. The summed E-state index contributed by atoms with van der Waals surface area (Å²) in [6.45, 7) is 14.5. The second-order valence-electron chi connectivity index (χ2n) is 17.6. The van der Waals surface area contributed by atoms with E-state index in [0.29, 0.717) is 0 Å². The number of benzene rings is 7. The molecule has 2 heteroatoms. The molecule has 10 rings (SSSR count). The zero-order valence-electron chi connectivity index (χ0n) is 32.7. The van der Waals surface area contributed by atoms with Crippen LogP contribution in [-0.2, 0) is 16.2 Å². The first kappa shape index (κ1) is 33.7. The summed E-state index contributed by atoms with van der Waals surface area (Å²) in [5.41, 5.74) is 18.4. The zero-order valence-corrected chi connectivity index (χ0v) is 32.7. The molecule has 7 aromatic carbocycles. The van der Waals surface area contributed by atoms with Crippen molar-refractivity contribution in [2.24, 2.45) is 0 Å². The molecule has 55 heavy (non-hydrogen) atoms. The van der Waals surface area contributed by atoms with Crippen molar-refractivity contribution in [2.75, 3.05) is 4.90 Å². The lowest BCUT2D eigenvalue weighted by molar-refractivity contribution is 0.332. The minimum atomic E-state index is -0.168. The second-order valence-corrected chi connectivity index (χ2v) is 17.6. The van der Waals surface area contributed by atoms with Gasteiger partial charge in [-0.2, -0.15) is 0 Å². The fourth-order valence-electron chi connectivity index (χ4n) is 9.69. The van der Waals surface area contributed by atoms with Crippen LogP contribution in [0.5, 0.6) is 0 Å². The van der Waals surface area contributed by atoms with Crippen LogP contribution in [0.15, 0.2) is 156 Å². The van der Waals surface area contributed by atoms with E-state index in [1.54, 1.807) is 0 Å². The van der Waals surface area contributed by atoms with Gasteiger partial charge in [-0.3, -0.25) is 0 Å². The lowest BCUT2D eigenvalue weighted by atomic mass is 9.63. The van der Waals surface area contributed by atoms with Crippen LogP contribution >= 0.6 is 0 Å². The Labute approximate surface area is 325 Å². The Hall–Kier alpha value is -5.86. The average Bonchev–Trinajstić information content (AvgIpc) is 3.69. The molecule has 2 aliphatic rings. The molecule has 1 heterocycles. The van der Waals surface area contributed by atoms with E-state index in [-0.39, 0.29) is 16.2 Å². The van der Waals surface area contributed by atoms with E-state index in [0.717, 1.165) is 39.0 Å². The van der Waals surface area contributed by atoms with Crippen molar-refractivity contribution in [3.05, 3.63) is 174 Å². The molecule has 0 N–H and O–H groups in total. The highest BCUT2D eigenvalue weighted by Crippen LogP contribution is 2.55. The van der Waals surface area contributed by atoms with Crippen LogP contribution in [0.4, 0.5) is 17.1 Å². The van der Waals surface area contributed by atoms with Crippen molar-refractivity contribution >= 4 is 39.0 Å². The third kappa shape index (κ3) is 5.22. The topological polar surface area (TPSA) is 16.4 Å². The van der Waals surface area contributed by atoms with Gasteiger partial charge in [0, 0.05) is 22.1 Å². The Morgan fingerprint density at radius 3 is 1.89 bits per heavy atom. The van der Waals surface area contributed by atoms with Gasteiger partial charge in [0.15, 0.2) is 0 Å². The van der Waals surface area contributed by atoms with Crippen molar-refractivity contribution in [2.45, 2.75) is 70.6 Å². The molecule has 0 atom stereocenters. The Morgan fingerprint density at radius 2 is 1.09 bits per heavy atom. The molecule has 0 unspecified atom stereocenters. The van der Waals surface area contributed by atoms with Gasteiger partial charge < -0.3 is 9.32 Å². The molecule has 2 aliphatic carbocycles. The standard InChI is InChI=1S/C53H47NO/c1-51(2)29-30-52(3,4)45-31-36(25-28-43(45)51)40-32-41-38-17-10-12-19-42(38)53(5,6)44(41)33-47(40)54(37-26-23-35(24-27-37)34-15-8-7-9-16-34)46-20-14-22-49-50(46)39-18-11-13-21-48(39)55-49/h7-28,31-33H,29-30H2,1-6H3. The minimum Gasteiger partial charge on any atom is -0.456 e. The summed E-state index contributed by atoms with van der Waals surface area (Å²) in [4.78, 5) is 2.50. The van der Waals surface area contributed by atoms with Crippen LogP contribution in [-0.4, -0.2) is 0 Å². The highest BCUT2D eigenvalue weighted by molar-refractivity contribution is 6.14. The number of hydrogen-bond donors (Lipinski definition) is 0. The third-order valence-corrected chi connectivity index (χ3v) is 13.0. The smallest absolute Gasteiger partial charge is 0.137 e. The van der Waals surface area contributed by atoms with Gasteiger partial charge in [-0.25, -0.2) is 0 Å². The molecular formula is C53H47NO. The predicted molar refractivity (Wildman–Crippen MR) is 232 cm³/mol. The van der Waals surface area contributed by atoms with E-state index in [1.807, 2.05) is 0 Å². The largest absolute Gasteiger partial charge is 0.456 e. The fourth-order valence-corrected chi connectivity index (χ4v) is 9.69. The van der Waals surface area contributed by atoms with Gasteiger partial charge in [0.2, 0.25) is 0 Å². The Bertz CT molecular complexity index is 2780. The summed E-state index contributed by atoms with van der Waals surface area (Å²) in [5.74, 6) is 0. The van der Waals surface area contributed by atoms with Gasteiger partial charge in [-0.05, 0) is 116 Å². The third-order valence-electron chi connectivity index (χ3n) is 13.0. The minimum absolute atomic E-state index is 0.0839. The maximum absolute atomic E-state index is 6.53. The van der Waals surface area contributed by atoms with E-state index in [9.17, 15) is 0 Å². The molecule has 0 saturated heterocycles. The second kappa shape index (κ2) is 12.1. The summed E-state index contributed by atoms with van der Waals surface area (Å²) >= 11 is 0. The maximum atomic E-state index is 6.53. The molecule has 0 saturated carbocycles. The van der Waals surface area contributed by atoms with E-state index in [2.05, 4.69) is 198 Å². The van der Waals surface area contributed by atoms with Crippen molar-refractivity contribution in [3.8, 4) is 33.4 Å². The van der Waals surface area contributed by atoms with E-state index >= 15 is 0 Å². The van der Waals surface area contributed by atoms with Crippen LogP contribution in [0.3, 0.4) is 0 Å². The summed E-state index contributed by atoms with van der Waals surface area (Å²) in [7, 11) is 0. The summed E-state index contributed by atoms with van der Waals surface area (Å²) < 4.78 is 6.53. The molecule has 270 valence electrons. The van der Waals surface area contributed by atoms with Gasteiger partial charge in [0.05, 0.1) is 16.8 Å². The first-order valence-electron chi connectivity index (χ1n) is 19.8. The number of anilines is 3. The Kier molecular flexibility index (Phi) is 7.39. The van der Waals surface area contributed by atoms with Gasteiger partial charge >= 0.3 is 0 Å². The molecule has 0 aliphatic heterocycles. The number of nitrogens with zero attached hydrogens (tertiary/aromatic N) is 1. The monoisotopic (exact) mass is 713 g/mol. The normalized spacial score (nSPS) is 16.1. The van der Waals surface area contributed by atoms with E-state index in [1.165, 1.54) is 68.5 Å². The molecule has 0 fully saturated rings. The van der Waals surface area contributed by atoms with Crippen molar-refractivity contribution < 1.29 is 4.42 Å². The zero-order chi connectivity index (χ0) is 37.7. The van der Waals surface area contributed by atoms with Gasteiger partial charge in [-0.1, -0.05) is 151 Å². The van der Waals surface area contributed by atoms with Crippen LogP contribution in [0.1, 0.15) is 76.6 Å². The molecule has 0 amide bonds. The molecule has 8 aromatic rings. The van der Waals surface area contributed by atoms with Gasteiger partial charge in [-0.15, -0.1) is 0 Å². The molecule has 1 aromatic heterocycles. The molecule has 2 nitrogen and oxygen atoms in total. The first-order valence-corrected chi connectivity index (χ1v) is 19.8. The number of furan rings is 1. The maximum Gasteiger partial charge on any atom is 0.137 e. The quantitative estimate of drug-likeness (QED) is 0.177. The summed E-state index contributed by atoms with van der Waals surface area (Å²) in [6, 6.07) is 56.1. The number of para-hydroxylation sites is 1. The van der Waals surface area contributed by atoms with Crippen molar-refractivity contribution in [1.29, 1.82) is 0 Å². The van der Waals surface area contributed by atoms with E-state index < -0.39 is 0 Å². The number of fused-ring (bicyclic) bond motifs is 7. The SMILES string of the molecule is CC1(C)CCC(C)(C)c2cc(-c3cc4c(cc3N(c3ccc(-c5ccccc5)cc3)c3cccc5oc6ccccc6c35)C(C)(C)c3ccccc3-4)ccc21. The molecule has 0 bridgehead atoms. The number of rotatable bonds is 5. The Morgan fingerprint density at radius 1 is 0.436 bits per heavy atom. The lowest BCUT2D eigenvalue weighted by Gasteiger charge is -2.42. The summed E-state index contributed by atoms with van der Waals surface area (Å²) in [5, 5.41) is 2.24. The van der Waals surface area contributed by atoms with Crippen molar-refractivity contribution in [1.82, 2.24) is 0 Å². The van der Waals surface area contributed by atoms with Crippen molar-refractivity contribution in [3.63, 3.8) is 0 Å². The highest BCUT2D eigenvalue weighted by Gasteiger charge is 2.39. The van der Waals surface area contributed by atoms with E-state index in [4.69, 9.17) is 4.42 Å². The average molecular weight is 714 g/mol. The highest BCUT2D eigenvalue weighted by atomic mass is 16.3. The van der Waals surface area contributed by atoms with Crippen LogP contribution in [0.2, 0.25) is 0 Å². The van der Waals surface area contributed by atoms with Gasteiger partial charge in [0.25, 0.3) is 0 Å². The van der Waals surface area contributed by atoms with Crippen LogP contribution in [0, 0.1) is 0 Å². The van der Waals surface area contributed by atoms with Crippen LogP contribution in [0.25, 0.3) is 55.3 Å². The van der Waals surface area contributed by atoms with Gasteiger partial charge in [0.1, 0.15) is 11.2 Å². The first-order chi connectivity index (χ1) is 26.5. The Balaban J connectivity index is 1.29. The molecule has 0 radical (unpaired) electrons. The fraction of sp³-hybridized carbons (Fsp3) is 0.208. The number of hydrogen-bond acceptors (Lipinski definition) is 2. The van der Waals surface area contributed by atoms with Crippen LogP contribution < -0.4 is 4.90 Å². The molecular weight excluding hydrogens is 667 g/mol. The molecule has 0 spiro atoms. The lowest BCUT2D eigenvalue weighted by Crippen LogP contribution is -2.33.